The van der Waals surface area contributed by atoms with Crippen LogP contribution >= 0.6 is 16.4 Å². The number of carbonyl (C=O) groups excluding carboxylic acids is 1. The molecule has 0 aromatic carbocycles. The van der Waals surface area contributed by atoms with E-state index in [2.05, 4.69) is 5.80 Å². The minimum absolute atomic E-state index is 0.301. The zero-order valence-corrected chi connectivity index (χ0v) is 7.40. The molecule has 4 heteroatoms. The van der Waals surface area contributed by atoms with Crippen molar-refractivity contribution in [2.45, 2.75) is 0 Å². The van der Waals surface area contributed by atoms with Gasteiger partial charge < -0.3 is 5.73 Å². The van der Waals surface area contributed by atoms with Gasteiger partial charge in [-0.25, -0.2) is 0 Å². The van der Waals surface area contributed by atoms with E-state index in [1.54, 1.807) is 0 Å². The molecule has 11 heavy (non-hydrogen) atoms. The first kappa shape index (κ1) is 6.97. The topological polar surface area (TPSA) is 43.1 Å². The molecular formula is C7H5NOP2. The quantitative estimate of drug-likeness (QED) is 0.605. The molecule has 0 bridgehead atoms. The third-order valence-electron chi connectivity index (χ3n) is 1.48. The zero-order valence-electron chi connectivity index (χ0n) is 5.61. The maximum atomic E-state index is 10.7. The Morgan fingerprint density at radius 1 is 1.45 bits per heavy atom. The van der Waals surface area contributed by atoms with Crippen LogP contribution in [0.1, 0.15) is 0 Å². The fourth-order valence-electron chi connectivity index (χ4n) is 0.963. The summed E-state index contributed by atoms with van der Waals surface area (Å²) in [6.07, 6.45) is 3.94. The third kappa shape index (κ3) is 1.09. The predicted octanol–water partition coefficient (Wildman–Crippen LogP) is 1.13. The summed E-state index contributed by atoms with van der Waals surface area (Å²) < 4.78 is 0. The summed E-state index contributed by atoms with van der Waals surface area (Å²) in [7, 11) is 2.16. The van der Waals surface area contributed by atoms with E-state index >= 15 is 0 Å². The van der Waals surface area contributed by atoms with Gasteiger partial charge in [0.25, 0.3) is 5.91 Å². The van der Waals surface area contributed by atoms with Crippen molar-refractivity contribution in [3.8, 4) is 0 Å². The standard InChI is InChI=1S/C7H5NOP2/c8-7(9)6-3-5-4(11-6)1-2-10-5/h1-3H,(H2,8,9). The molecule has 1 amide bonds. The molecule has 0 radical (unpaired) electrons. The molecule has 0 saturated carbocycles. The summed E-state index contributed by atoms with van der Waals surface area (Å²) >= 11 is 0. The zero-order chi connectivity index (χ0) is 7.84. The average molecular weight is 181 g/mol. The van der Waals surface area contributed by atoms with Gasteiger partial charge in [0.1, 0.15) is 0 Å². The molecule has 0 aromatic rings. The number of amides is 1. The molecule has 2 N–H and O–H groups in total. The van der Waals surface area contributed by atoms with Crippen LogP contribution in [0.15, 0.2) is 22.8 Å². The third-order valence-corrected chi connectivity index (χ3v) is 3.82. The first-order chi connectivity index (χ1) is 5.27. The predicted molar refractivity (Wildman–Crippen MR) is 50.3 cm³/mol. The van der Waals surface area contributed by atoms with Crippen molar-refractivity contribution in [2.75, 3.05) is 0 Å². The van der Waals surface area contributed by atoms with E-state index in [9.17, 15) is 4.79 Å². The first-order valence-corrected chi connectivity index (χ1v) is 4.98. The van der Waals surface area contributed by atoms with Crippen molar-refractivity contribution in [1.29, 1.82) is 0 Å². The minimum Gasteiger partial charge on any atom is -0.365 e. The maximum absolute atomic E-state index is 10.7. The second-order valence-electron chi connectivity index (χ2n) is 2.22. The molecule has 0 aromatic heterocycles. The van der Waals surface area contributed by atoms with Crippen molar-refractivity contribution < 1.29 is 4.79 Å². The highest BCUT2D eigenvalue weighted by Crippen LogP contribution is 2.40. The smallest absolute Gasteiger partial charge is 0.253 e. The van der Waals surface area contributed by atoms with Crippen molar-refractivity contribution in [1.82, 2.24) is 0 Å². The Morgan fingerprint density at radius 3 is 2.91 bits per heavy atom. The lowest BCUT2D eigenvalue weighted by molar-refractivity contribution is -0.111. The van der Waals surface area contributed by atoms with E-state index in [1.807, 2.05) is 12.2 Å². The molecule has 0 spiro atoms. The van der Waals surface area contributed by atoms with Crippen LogP contribution in [0.5, 0.6) is 0 Å². The number of nitrogens with two attached hydrogens (primary N) is 1. The second-order valence-corrected chi connectivity index (χ2v) is 4.45. The van der Waals surface area contributed by atoms with E-state index in [0.29, 0.717) is 5.29 Å². The van der Waals surface area contributed by atoms with Gasteiger partial charge in [-0.2, -0.15) is 0 Å². The Bertz CT molecular complexity index is 349. The monoisotopic (exact) mass is 181 g/mol. The van der Waals surface area contributed by atoms with Crippen molar-refractivity contribution >= 4 is 33.4 Å². The number of hydrogen-bond donors (Lipinski definition) is 1. The lowest BCUT2D eigenvalue weighted by Gasteiger charge is -1.85. The molecule has 2 aliphatic rings. The molecule has 0 fully saturated rings. The normalized spacial score (nSPS) is 22.0. The van der Waals surface area contributed by atoms with Gasteiger partial charge in [0.2, 0.25) is 0 Å². The molecule has 0 aliphatic carbocycles. The van der Waals surface area contributed by atoms with Gasteiger partial charge in [-0.3, -0.25) is 4.79 Å². The Kier molecular flexibility index (Phi) is 1.52. The van der Waals surface area contributed by atoms with Crippen LogP contribution in [0.3, 0.4) is 0 Å². The van der Waals surface area contributed by atoms with E-state index in [4.69, 9.17) is 5.73 Å². The lowest BCUT2D eigenvalue weighted by atomic mass is 10.3. The van der Waals surface area contributed by atoms with E-state index in [-0.39, 0.29) is 5.91 Å². The fourth-order valence-corrected chi connectivity index (χ4v) is 3.19. The van der Waals surface area contributed by atoms with Gasteiger partial charge in [0.05, 0.1) is 5.29 Å². The summed E-state index contributed by atoms with van der Waals surface area (Å²) in [5.41, 5.74) is 5.13. The van der Waals surface area contributed by atoms with Gasteiger partial charge in [-0.15, -0.1) is 0 Å². The number of hydrogen-bond acceptors (Lipinski definition) is 1. The largest absolute Gasteiger partial charge is 0.365 e. The number of fused-ring (bicyclic) bond motifs is 1. The maximum Gasteiger partial charge on any atom is 0.253 e. The van der Waals surface area contributed by atoms with E-state index < -0.39 is 0 Å². The number of rotatable bonds is 1. The number of carbonyl (C=O) groups is 1. The molecule has 2 nitrogen and oxygen atoms in total. The summed E-state index contributed by atoms with van der Waals surface area (Å²) in [5, 5.41) is 3.16. The molecule has 2 aliphatic heterocycles. The van der Waals surface area contributed by atoms with Crippen molar-refractivity contribution in [3.63, 3.8) is 0 Å². The van der Waals surface area contributed by atoms with Crippen LogP contribution in [0.25, 0.3) is 0 Å². The summed E-state index contributed by atoms with van der Waals surface area (Å²) in [5.74, 6) is 1.77. The van der Waals surface area contributed by atoms with E-state index in [0.717, 1.165) is 8.20 Å². The van der Waals surface area contributed by atoms with Crippen LogP contribution < -0.4 is 5.73 Å². The second kappa shape index (κ2) is 2.41. The van der Waals surface area contributed by atoms with Crippen molar-refractivity contribution in [2.24, 2.45) is 5.73 Å². The van der Waals surface area contributed by atoms with Gasteiger partial charge in [-0.05, 0) is 17.9 Å². The highest BCUT2D eigenvalue weighted by Gasteiger charge is 2.16. The molecule has 54 valence electrons. The average Bonchev–Trinajstić information content (AvgIpc) is 2.40. The molecule has 0 saturated heterocycles. The summed E-state index contributed by atoms with van der Waals surface area (Å²) in [6.45, 7) is 0. The van der Waals surface area contributed by atoms with Gasteiger partial charge >= 0.3 is 0 Å². The van der Waals surface area contributed by atoms with Crippen LogP contribution in [0.2, 0.25) is 0 Å². The van der Waals surface area contributed by atoms with E-state index in [1.165, 1.54) is 18.8 Å². The number of allylic oxidation sites excluding steroid dienone is 3. The molecule has 0 atom stereocenters. The van der Waals surface area contributed by atoms with Gasteiger partial charge in [0, 0.05) is 10.6 Å². The van der Waals surface area contributed by atoms with Crippen LogP contribution in [0.4, 0.5) is 0 Å². The Hall–Kier alpha value is -0.710. The van der Waals surface area contributed by atoms with Crippen LogP contribution in [-0.2, 0) is 4.79 Å². The highest BCUT2D eigenvalue weighted by molar-refractivity contribution is 7.56. The van der Waals surface area contributed by atoms with Crippen molar-refractivity contribution in [3.05, 3.63) is 22.8 Å². The Morgan fingerprint density at radius 2 is 2.27 bits per heavy atom. The molecule has 2 rings (SSSR count). The Labute approximate surface area is 67.4 Å². The number of primary amides is 1. The first-order valence-electron chi connectivity index (χ1n) is 3.12. The Balaban J connectivity index is 2.41. The van der Waals surface area contributed by atoms with Crippen LogP contribution in [-0.4, -0.2) is 17.0 Å². The van der Waals surface area contributed by atoms with Gasteiger partial charge in [0.15, 0.2) is 0 Å². The summed E-state index contributed by atoms with van der Waals surface area (Å²) in [6, 6.07) is 0. The lowest BCUT2D eigenvalue weighted by Crippen LogP contribution is -2.18. The SMILES string of the molecule is NC(=O)C1=PC2=CC=PC2=C1. The van der Waals surface area contributed by atoms with Gasteiger partial charge in [-0.1, -0.05) is 16.4 Å². The van der Waals surface area contributed by atoms with Crippen LogP contribution in [0, 0.1) is 0 Å². The fraction of sp³-hybridized carbons (Fsp3) is 0. The minimum atomic E-state index is -0.301. The molecule has 2 heterocycles. The summed E-state index contributed by atoms with van der Waals surface area (Å²) in [4.78, 5) is 10.7. The molecular weight excluding hydrogens is 176 g/mol. The molecule has 0 unspecified atom stereocenters. The highest BCUT2D eigenvalue weighted by atomic mass is 31.1.